The molecule has 1 fully saturated rings. The number of hydrogen-bond donors (Lipinski definition) is 3. The van der Waals surface area contributed by atoms with Crippen LogP contribution < -0.4 is 10.6 Å². The quantitative estimate of drug-likeness (QED) is 0.615. The fourth-order valence-corrected chi connectivity index (χ4v) is 1.55. The van der Waals surface area contributed by atoms with E-state index in [9.17, 15) is 14.4 Å². The van der Waals surface area contributed by atoms with Gasteiger partial charge >= 0.3 is 12.0 Å². The topological polar surface area (TPSA) is 98.7 Å². The van der Waals surface area contributed by atoms with Gasteiger partial charge < -0.3 is 20.6 Å². The summed E-state index contributed by atoms with van der Waals surface area (Å²) in [7, 11) is 0. The van der Waals surface area contributed by atoms with Crippen LogP contribution in [0.2, 0.25) is 0 Å². The number of carboxylic acid groups (broad SMARTS) is 1. The number of carbonyl (C=O) groups is 3. The van der Waals surface area contributed by atoms with Crippen LogP contribution in [0.25, 0.3) is 0 Å². The minimum absolute atomic E-state index is 0.0921. The molecular formula is C10H17N3O4. The molecule has 0 bridgehead atoms. The Bertz CT molecular complexity index is 319. The van der Waals surface area contributed by atoms with Crippen molar-refractivity contribution >= 4 is 17.9 Å². The van der Waals surface area contributed by atoms with Crippen LogP contribution in [0.15, 0.2) is 0 Å². The van der Waals surface area contributed by atoms with Gasteiger partial charge in [-0.2, -0.15) is 0 Å². The van der Waals surface area contributed by atoms with Crippen molar-refractivity contribution < 1.29 is 19.5 Å². The summed E-state index contributed by atoms with van der Waals surface area (Å²) in [5.41, 5.74) is 0. The summed E-state index contributed by atoms with van der Waals surface area (Å²) in [6.45, 7) is 2.80. The lowest BCUT2D eigenvalue weighted by Crippen LogP contribution is -2.48. The first kappa shape index (κ1) is 13.3. The van der Waals surface area contributed by atoms with Gasteiger partial charge in [-0.05, 0) is 6.42 Å². The second kappa shape index (κ2) is 6.07. The first-order chi connectivity index (χ1) is 8.04. The lowest BCUT2D eigenvalue weighted by molar-refractivity contribution is -0.139. The summed E-state index contributed by atoms with van der Waals surface area (Å²) in [4.78, 5) is 35.0. The highest BCUT2D eigenvalue weighted by atomic mass is 16.4. The molecule has 7 heteroatoms. The molecule has 0 spiro atoms. The molecule has 3 amide bonds. The molecule has 7 nitrogen and oxygen atoms in total. The molecule has 17 heavy (non-hydrogen) atoms. The van der Waals surface area contributed by atoms with Crippen molar-refractivity contribution in [2.24, 2.45) is 0 Å². The summed E-state index contributed by atoms with van der Waals surface area (Å²) in [5, 5.41) is 13.9. The molecule has 96 valence electrons. The molecule has 1 heterocycles. The minimum atomic E-state index is -1.05. The van der Waals surface area contributed by atoms with Crippen LogP contribution in [0, 0.1) is 0 Å². The zero-order chi connectivity index (χ0) is 12.8. The highest BCUT2D eigenvalue weighted by Gasteiger charge is 2.23. The zero-order valence-corrected chi connectivity index (χ0v) is 9.73. The fraction of sp³-hybridized carbons (Fsp3) is 0.700. The maximum atomic E-state index is 11.7. The van der Waals surface area contributed by atoms with Crippen LogP contribution in [0.3, 0.4) is 0 Å². The molecule has 1 aliphatic rings. The van der Waals surface area contributed by atoms with Crippen molar-refractivity contribution in [1.82, 2.24) is 15.5 Å². The van der Waals surface area contributed by atoms with E-state index in [0.717, 1.165) is 0 Å². The van der Waals surface area contributed by atoms with Crippen LogP contribution in [-0.4, -0.2) is 53.6 Å². The number of urea groups is 1. The van der Waals surface area contributed by atoms with Gasteiger partial charge in [0.2, 0.25) is 5.91 Å². The average Bonchev–Trinajstić information content (AvgIpc) is 2.50. The van der Waals surface area contributed by atoms with E-state index in [1.165, 1.54) is 4.90 Å². The normalized spacial score (nSPS) is 17.9. The number of hydrogen-bond acceptors (Lipinski definition) is 3. The van der Waals surface area contributed by atoms with Crippen LogP contribution >= 0.6 is 0 Å². The number of nitrogens with zero attached hydrogens (tertiary/aromatic N) is 1. The molecule has 1 atom stereocenters. The maximum Gasteiger partial charge on any atom is 0.326 e. The Hall–Kier alpha value is -1.79. The Morgan fingerprint density at radius 1 is 1.53 bits per heavy atom. The van der Waals surface area contributed by atoms with Crippen molar-refractivity contribution in [1.29, 1.82) is 0 Å². The molecule has 0 radical (unpaired) electrons. The molecular weight excluding hydrogens is 226 g/mol. The van der Waals surface area contributed by atoms with E-state index in [1.807, 2.05) is 0 Å². The Morgan fingerprint density at radius 2 is 2.24 bits per heavy atom. The molecule has 1 saturated heterocycles. The second-order valence-corrected chi connectivity index (χ2v) is 3.84. The predicted molar refractivity (Wildman–Crippen MR) is 59.4 cm³/mol. The summed E-state index contributed by atoms with van der Waals surface area (Å²) in [5.74, 6) is -1.14. The highest BCUT2D eigenvalue weighted by Crippen LogP contribution is 1.99. The first-order valence-electron chi connectivity index (χ1n) is 5.59. The average molecular weight is 243 g/mol. The van der Waals surface area contributed by atoms with Crippen molar-refractivity contribution in [2.75, 3.05) is 19.6 Å². The predicted octanol–water partition coefficient (Wildman–Crippen LogP) is -0.619. The third-order valence-corrected chi connectivity index (χ3v) is 2.60. The SMILES string of the molecule is CC[C@H](NC(=O)N1CCNC(=O)CC1)C(=O)O. The number of carboxylic acids is 1. The van der Waals surface area contributed by atoms with Gasteiger partial charge in [0.1, 0.15) is 6.04 Å². The van der Waals surface area contributed by atoms with E-state index in [2.05, 4.69) is 10.6 Å². The molecule has 1 aliphatic heterocycles. The van der Waals surface area contributed by atoms with Gasteiger partial charge in [-0.15, -0.1) is 0 Å². The van der Waals surface area contributed by atoms with Crippen molar-refractivity contribution in [3.05, 3.63) is 0 Å². The molecule has 1 rings (SSSR count). The highest BCUT2D eigenvalue weighted by molar-refractivity contribution is 5.83. The Balaban J connectivity index is 2.51. The van der Waals surface area contributed by atoms with E-state index in [4.69, 9.17) is 5.11 Å². The van der Waals surface area contributed by atoms with Crippen LogP contribution in [0.1, 0.15) is 19.8 Å². The lowest BCUT2D eigenvalue weighted by Gasteiger charge is -2.22. The van der Waals surface area contributed by atoms with Crippen LogP contribution in [0.5, 0.6) is 0 Å². The minimum Gasteiger partial charge on any atom is -0.480 e. The van der Waals surface area contributed by atoms with Gasteiger partial charge in [-0.1, -0.05) is 6.92 Å². The smallest absolute Gasteiger partial charge is 0.326 e. The molecule has 0 aromatic heterocycles. The molecule has 0 saturated carbocycles. The summed E-state index contributed by atoms with van der Waals surface area (Å²) < 4.78 is 0. The van der Waals surface area contributed by atoms with E-state index in [0.29, 0.717) is 26.1 Å². The molecule has 0 aromatic carbocycles. The zero-order valence-electron chi connectivity index (χ0n) is 9.73. The van der Waals surface area contributed by atoms with Crippen molar-refractivity contribution in [3.8, 4) is 0 Å². The van der Waals surface area contributed by atoms with E-state index in [-0.39, 0.29) is 12.3 Å². The van der Waals surface area contributed by atoms with Gasteiger partial charge in [0.05, 0.1) is 0 Å². The van der Waals surface area contributed by atoms with Gasteiger partial charge in [0.25, 0.3) is 0 Å². The van der Waals surface area contributed by atoms with Crippen LogP contribution in [-0.2, 0) is 9.59 Å². The number of rotatable bonds is 3. The molecule has 3 N–H and O–H groups in total. The number of amides is 3. The number of carbonyl (C=O) groups excluding carboxylic acids is 2. The van der Waals surface area contributed by atoms with E-state index < -0.39 is 18.0 Å². The summed E-state index contributed by atoms with van der Waals surface area (Å²) in [6.07, 6.45) is 0.573. The summed E-state index contributed by atoms with van der Waals surface area (Å²) in [6, 6.07) is -1.31. The monoisotopic (exact) mass is 243 g/mol. The third-order valence-electron chi connectivity index (χ3n) is 2.60. The molecule has 0 aromatic rings. The Morgan fingerprint density at radius 3 is 2.82 bits per heavy atom. The summed E-state index contributed by atoms with van der Waals surface area (Å²) >= 11 is 0. The Kier molecular flexibility index (Phi) is 4.74. The maximum absolute atomic E-state index is 11.7. The van der Waals surface area contributed by atoms with Crippen LogP contribution in [0.4, 0.5) is 4.79 Å². The lowest BCUT2D eigenvalue weighted by atomic mass is 10.2. The number of aliphatic carboxylic acids is 1. The largest absolute Gasteiger partial charge is 0.480 e. The second-order valence-electron chi connectivity index (χ2n) is 3.84. The van der Waals surface area contributed by atoms with Gasteiger partial charge in [-0.25, -0.2) is 9.59 Å². The molecule has 0 unspecified atom stereocenters. The molecule has 0 aliphatic carbocycles. The number of nitrogens with one attached hydrogen (secondary N) is 2. The standard InChI is InChI=1S/C10H17N3O4/c1-2-7(9(15)16)12-10(17)13-5-3-8(14)11-4-6-13/h7H,2-6H2,1H3,(H,11,14)(H,12,17)(H,15,16)/t7-/m0/s1. The van der Waals surface area contributed by atoms with Gasteiger partial charge in [-0.3, -0.25) is 4.79 Å². The van der Waals surface area contributed by atoms with E-state index >= 15 is 0 Å². The van der Waals surface area contributed by atoms with Crippen molar-refractivity contribution in [3.63, 3.8) is 0 Å². The van der Waals surface area contributed by atoms with Gasteiger partial charge in [0, 0.05) is 26.1 Å². The van der Waals surface area contributed by atoms with Crippen molar-refractivity contribution in [2.45, 2.75) is 25.8 Å². The Labute approximate surface area is 99.2 Å². The fourth-order valence-electron chi connectivity index (χ4n) is 1.55. The first-order valence-corrected chi connectivity index (χ1v) is 5.59. The van der Waals surface area contributed by atoms with Gasteiger partial charge in [0.15, 0.2) is 0 Å². The van der Waals surface area contributed by atoms with E-state index in [1.54, 1.807) is 6.92 Å². The third kappa shape index (κ3) is 3.93.